The molecule has 0 spiro atoms. The summed E-state index contributed by atoms with van der Waals surface area (Å²) in [5, 5.41) is 0. The molecule has 59 heavy (non-hydrogen) atoms. The molecule has 0 nitrogen and oxygen atoms in total. The molecule has 0 aromatic heterocycles. The molecule has 0 saturated carbocycles. The molecule has 0 atom stereocenters. The fraction of sp³-hybridized carbons (Fsp3) is 0.333. The van der Waals surface area contributed by atoms with Gasteiger partial charge in [0, 0.05) is 325 Å². The highest BCUT2D eigenvalue weighted by Crippen LogP contribution is 2.16. The van der Waals surface area contributed by atoms with Crippen LogP contribution in [0.4, 0.5) is 0 Å². The molecule has 55 radical (unpaired) electrons. The van der Waals surface area contributed by atoms with Crippen molar-refractivity contribution < 1.29 is 0 Å². The summed E-state index contributed by atoms with van der Waals surface area (Å²) in [7, 11) is 174. The molecule has 0 heterocycles. The smallest absolute Gasteiger partial charge is 0.0810 e. The highest BCUT2D eigenvalue weighted by Gasteiger charge is 2.49. The first-order chi connectivity index (χ1) is 27.2. The Balaban J connectivity index is 5.73. The van der Waals surface area contributed by atoms with E-state index >= 15 is 0 Å². The zero-order chi connectivity index (χ0) is 46.1. The first kappa shape index (κ1) is 59.5. The van der Waals surface area contributed by atoms with E-state index in [1.54, 1.807) is 0 Å². The molecule has 0 fully saturated rings. The topological polar surface area (TPSA) is 0 Å². The van der Waals surface area contributed by atoms with Crippen molar-refractivity contribution in [3.63, 3.8) is 0 Å². The van der Waals surface area contributed by atoms with Gasteiger partial charge in [0.25, 0.3) is 0 Å². The van der Waals surface area contributed by atoms with Crippen LogP contribution in [0.1, 0.15) is 18.1 Å². The molecular weight excluding hydrogens is 649 g/mol. The number of hydrogen-bond acceptors (Lipinski definition) is 0. The van der Waals surface area contributed by atoms with Crippen LogP contribution in [0.5, 0.6) is 0 Å². The Morgan fingerprint density at radius 1 is 0.356 bits per heavy atom. The second-order valence-electron chi connectivity index (χ2n) is 15.8. The van der Waals surface area contributed by atoms with Gasteiger partial charge in [0.2, 0.25) is 0 Å². The van der Waals surface area contributed by atoms with Gasteiger partial charge in [0.05, 0.1) is 32.5 Å². The fourth-order valence-corrected chi connectivity index (χ4v) is 8.86. The predicted molar refractivity (Wildman–Crippen MR) is 326 cm³/mol. The zero-order valence-corrected chi connectivity index (χ0v) is 34.3. The van der Waals surface area contributed by atoms with Crippen molar-refractivity contribution in [2.75, 3.05) is 0 Å². The summed E-state index contributed by atoms with van der Waals surface area (Å²) in [6, 6.07) is 0. The Labute approximate surface area is 406 Å². The highest BCUT2D eigenvalue weighted by atomic mass is 14.1. The van der Waals surface area contributed by atoms with Gasteiger partial charge in [-0.1, -0.05) is 29.8 Å². The van der Waals surface area contributed by atoms with E-state index in [4.69, 9.17) is 201 Å². The summed E-state index contributed by atoms with van der Waals surface area (Å²) in [6.45, 7) is -3.67. The quantitative estimate of drug-likeness (QED) is 0.0872. The Morgan fingerprint density at radius 2 is 0.763 bits per heavy atom. The van der Waals surface area contributed by atoms with Crippen LogP contribution in [-0.2, 0) is 12.7 Å². The van der Waals surface area contributed by atoms with Crippen LogP contribution in [0, 0.1) is 0 Å². The van der Waals surface area contributed by atoms with Crippen LogP contribution in [0.3, 0.4) is 0 Å². The summed E-state index contributed by atoms with van der Waals surface area (Å²) >= 11 is 0. The van der Waals surface area contributed by atoms with Crippen LogP contribution < -0.4 is 21.9 Å². The van der Waals surface area contributed by atoms with E-state index in [9.17, 15) is 0 Å². The lowest BCUT2D eigenvalue weighted by Crippen LogP contribution is -2.85. The average molecular weight is 656 g/mol. The summed E-state index contributed by atoms with van der Waals surface area (Å²) in [4.78, 5) is 0. The maximum atomic E-state index is 6.96. The first-order valence-electron chi connectivity index (χ1n) is 19.5. The molecule has 1 aromatic carbocycles. The minimum atomic E-state index is -1.37. The lowest BCUT2D eigenvalue weighted by Gasteiger charge is -2.47. The maximum absolute atomic E-state index is 6.96. The highest BCUT2D eigenvalue weighted by molar-refractivity contribution is 8.06. The molecule has 0 saturated heterocycles. The van der Waals surface area contributed by atoms with Crippen molar-refractivity contribution in [2.45, 2.75) is 19.7 Å². The van der Waals surface area contributed by atoms with Gasteiger partial charge < -0.3 is 0 Å². The fourth-order valence-electron chi connectivity index (χ4n) is 8.86. The van der Waals surface area contributed by atoms with E-state index in [0.717, 1.165) is 0 Å². The van der Waals surface area contributed by atoms with E-state index in [1.807, 2.05) is 6.92 Å². The largest absolute Gasteiger partial charge is 0.113 e. The third kappa shape index (κ3) is 14.7. The van der Waals surface area contributed by atoms with Crippen molar-refractivity contribution in [1.82, 2.24) is 0 Å². The summed E-state index contributed by atoms with van der Waals surface area (Å²) < 4.78 is 0. The molecule has 0 aliphatic carbocycles. The Kier molecular flexibility index (Phi) is 27.5. The van der Waals surface area contributed by atoms with Crippen molar-refractivity contribution in [2.24, 2.45) is 0 Å². The molecule has 0 amide bonds. The third-order valence-corrected chi connectivity index (χ3v) is 11.6. The molecular formula is C9H7B50. The van der Waals surface area contributed by atoms with E-state index in [1.165, 1.54) is 21.2 Å². The van der Waals surface area contributed by atoms with Gasteiger partial charge in [-0.05, 0) is 6.42 Å². The number of hydrogen-bond donors (Lipinski definition) is 0. The maximum Gasteiger partial charge on any atom is 0.0810 e. The number of benzene rings is 1. The molecule has 193 valence electrons. The van der Waals surface area contributed by atoms with Crippen LogP contribution in [0.2, 0.25) is 0 Å². The molecule has 1 rings (SSSR count). The minimum absolute atomic E-state index is 0.121. The van der Waals surface area contributed by atoms with Crippen LogP contribution >= 0.6 is 0 Å². The van der Waals surface area contributed by atoms with Gasteiger partial charge >= 0.3 is 0 Å². The van der Waals surface area contributed by atoms with E-state index < -0.39 is 135 Å². The van der Waals surface area contributed by atoms with Crippen molar-refractivity contribution in [3.8, 4) is 0 Å². The Morgan fingerprint density at radius 3 is 1.07 bits per heavy atom. The van der Waals surface area contributed by atoms with Gasteiger partial charge in [-0.15, -0.1) is 16.4 Å². The van der Waals surface area contributed by atoms with E-state index in [0.29, 0.717) is 22.1 Å². The summed E-state index contributed by atoms with van der Waals surface area (Å²) in [5.41, 5.74) is 2.00. The lowest BCUT2D eigenvalue weighted by molar-refractivity contribution is 1.16. The Bertz CT molecular complexity index is 1330. The van der Waals surface area contributed by atoms with Crippen LogP contribution in [0.15, 0.2) is 0 Å². The average Bonchev–Trinajstić information content (AvgIpc) is 3.11. The summed E-state index contributed by atoms with van der Waals surface area (Å²) in [5.74, 6) is 0. The van der Waals surface area contributed by atoms with Crippen molar-refractivity contribution >= 4 is 379 Å². The molecule has 0 bridgehead atoms. The molecule has 0 aliphatic heterocycles. The Hall–Kier alpha value is 2.47. The monoisotopic (exact) mass is 666 g/mol. The second kappa shape index (κ2) is 27.3. The molecule has 0 N–H and O–H groups in total. The minimum Gasteiger partial charge on any atom is -0.113 e. The van der Waals surface area contributed by atoms with Crippen molar-refractivity contribution in [3.05, 3.63) is 11.1 Å². The van der Waals surface area contributed by atoms with Crippen LogP contribution in [-0.4, -0.2) is 357 Å². The third-order valence-electron chi connectivity index (χ3n) is 11.6. The van der Waals surface area contributed by atoms with Gasteiger partial charge in [-0.2, -0.15) is 0 Å². The van der Waals surface area contributed by atoms with Gasteiger partial charge in [0.1, 0.15) is 0 Å². The van der Waals surface area contributed by atoms with Crippen LogP contribution in [0.25, 0.3) is 0 Å². The van der Waals surface area contributed by atoms with Crippen molar-refractivity contribution in [1.29, 1.82) is 0 Å². The second-order valence-corrected chi connectivity index (χ2v) is 15.8. The molecule has 50 heteroatoms. The zero-order valence-electron chi connectivity index (χ0n) is 34.3. The number of rotatable bonds is 26. The molecule has 1 aromatic rings. The standard InChI is InChI=1S/C9H7B50/c1-2-4-6(40(45(15)16)56(35)48(21)22)5(3-39(44(13)14)54(33)36-10)8(41(46(17)18)57(38-12)49(23)24)9(42(47(19)20)58(50(25)26)51(27)28)7(4)43(55(34)37-11)59(52(29)30)53(31)32/h2-3H2,1H3. The summed E-state index contributed by atoms with van der Waals surface area (Å²) in [6.07, 6.45) is -19.1. The molecule has 0 aliphatic rings. The first-order valence-corrected chi connectivity index (χ1v) is 19.5. The lowest BCUT2D eigenvalue weighted by atomic mass is 8.52. The molecule has 0 unspecified atom stereocenters. The van der Waals surface area contributed by atoms with E-state index in [2.05, 4.69) is 0 Å². The van der Waals surface area contributed by atoms with E-state index in [-0.39, 0.29) is 23.7 Å². The SMILES string of the molecule is [B][B]B([B])B(Cc1c(B(B([B])[B])B([B])B([B])[B])c(CC)c(B(B([B])[B][B])B(B([B])[B])B([B])[B])c(B(B([B])[B])B(B([B])[B])B([B])[B])c1B(B([B])[B])B([B][B])B([B])[B])B([B])[B]. The van der Waals surface area contributed by atoms with Gasteiger partial charge in [-0.3, -0.25) is 0 Å². The van der Waals surface area contributed by atoms with Gasteiger partial charge in [-0.25, -0.2) is 0 Å². The van der Waals surface area contributed by atoms with Gasteiger partial charge in [0.15, 0.2) is 0 Å². The predicted octanol–water partition coefficient (Wildman–Crippen LogP) is -20.0. The normalized spacial score (nSPS) is 9.98.